The maximum atomic E-state index is 12.4. The van der Waals surface area contributed by atoms with Crippen molar-refractivity contribution in [2.45, 2.75) is 0 Å². The van der Waals surface area contributed by atoms with Gasteiger partial charge in [0.1, 0.15) is 11.5 Å². The van der Waals surface area contributed by atoms with Gasteiger partial charge in [-0.05, 0) is 47.9 Å². The van der Waals surface area contributed by atoms with Crippen molar-refractivity contribution in [3.63, 3.8) is 0 Å². The summed E-state index contributed by atoms with van der Waals surface area (Å²) < 4.78 is 10.3. The van der Waals surface area contributed by atoms with Crippen LogP contribution in [0.2, 0.25) is 0 Å². The maximum absolute atomic E-state index is 12.4. The van der Waals surface area contributed by atoms with Gasteiger partial charge in [-0.25, -0.2) is 0 Å². The monoisotopic (exact) mass is 335 g/mol. The maximum Gasteiger partial charge on any atom is 0.255 e. The third-order valence-electron chi connectivity index (χ3n) is 3.87. The Bertz CT molecular complexity index is 1020. The van der Waals surface area contributed by atoms with E-state index >= 15 is 0 Å². The lowest BCUT2D eigenvalue weighted by molar-refractivity contribution is 0.104. The van der Waals surface area contributed by atoms with Gasteiger partial charge in [-0.3, -0.25) is 9.59 Å². The summed E-state index contributed by atoms with van der Waals surface area (Å²) in [5.74, 6) is 0.932. The van der Waals surface area contributed by atoms with E-state index < -0.39 is 0 Å². The quantitative estimate of drug-likeness (QED) is 0.573. The zero-order chi connectivity index (χ0) is 17.8. The second-order valence-electron chi connectivity index (χ2n) is 5.40. The number of ether oxygens (including phenoxy) is 2. The first-order valence-corrected chi connectivity index (χ1v) is 7.69. The number of rotatable bonds is 5. The van der Waals surface area contributed by atoms with Crippen LogP contribution in [-0.4, -0.2) is 25.0 Å². The minimum absolute atomic E-state index is 0.230. The van der Waals surface area contributed by atoms with Gasteiger partial charge in [0.25, 0.3) is 5.56 Å². The number of aromatic amines is 1. The Kier molecular flexibility index (Phi) is 4.66. The Morgan fingerprint density at radius 2 is 1.84 bits per heavy atom. The van der Waals surface area contributed by atoms with Crippen molar-refractivity contribution in [2.75, 3.05) is 14.2 Å². The number of ketones is 1. The van der Waals surface area contributed by atoms with Crippen LogP contribution in [0.15, 0.2) is 59.4 Å². The van der Waals surface area contributed by atoms with Crippen molar-refractivity contribution < 1.29 is 14.3 Å². The number of benzene rings is 2. The second kappa shape index (κ2) is 7.05. The molecular weight excluding hydrogens is 318 g/mol. The number of H-pyrrole nitrogens is 1. The summed E-state index contributed by atoms with van der Waals surface area (Å²) in [6.07, 6.45) is 2.88. The molecule has 3 aromatic rings. The van der Waals surface area contributed by atoms with Crippen LogP contribution in [0.25, 0.3) is 17.0 Å². The van der Waals surface area contributed by atoms with Crippen molar-refractivity contribution in [2.24, 2.45) is 0 Å². The first kappa shape index (κ1) is 16.5. The summed E-state index contributed by atoms with van der Waals surface area (Å²) in [5.41, 5.74) is 1.26. The summed E-state index contributed by atoms with van der Waals surface area (Å²) >= 11 is 0. The lowest BCUT2D eigenvalue weighted by atomic mass is 10.1. The standard InChI is InChI=1S/C20H17NO4/c1-24-15-9-7-13-11-14(20(23)21-17(13)12-15)8-10-18(22)16-5-3-4-6-19(16)25-2/h3-12H,1-2H3,(H,21,23). The van der Waals surface area contributed by atoms with E-state index in [-0.39, 0.29) is 11.3 Å². The Morgan fingerprint density at radius 3 is 2.60 bits per heavy atom. The number of nitrogens with one attached hydrogen (secondary N) is 1. The molecule has 1 heterocycles. The molecule has 0 amide bonds. The first-order valence-electron chi connectivity index (χ1n) is 7.69. The molecule has 126 valence electrons. The van der Waals surface area contributed by atoms with Gasteiger partial charge < -0.3 is 14.5 Å². The van der Waals surface area contributed by atoms with Gasteiger partial charge in [0, 0.05) is 11.6 Å². The molecule has 0 aliphatic carbocycles. The molecule has 0 aliphatic heterocycles. The smallest absolute Gasteiger partial charge is 0.255 e. The predicted octanol–water partition coefficient (Wildman–Crippen LogP) is 3.44. The van der Waals surface area contributed by atoms with E-state index in [1.165, 1.54) is 19.3 Å². The molecule has 0 unspecified atom stereocenters. The molecule has 0 radical (unpaired) electrons. The van der Waals surface area contributed by atoms with Gasteiger partial charge in [-0.15, -0.1) is 0 Å². The van der Waals surface area contributed by atoms with Gasteiger partial charge in [-0.1, -0.05) is 12.1 Å². The highest BCUT2D eigenvalue weighted by Crippen LogP contribution is 2.20. The Morgan fingerprint density at radius 1 is 1.04 bits per heavy atom. The van der Waals surface area contributed by atoms with Gasteiger partial charge in [0.15, 0.2) is 5.78 Å². The van der Waals surface area contributed by atoms with Crippen LogP contribution in [0.4, 0.5) is 0 Å². The summed E-state index contributed by atoms with van der Waals surface area (Å²) in [5, 5.41) is 0.852. The third-order valence-corrected chi connectivity index (χ3v) is 3.87. The van der Waals surface area contributed by atoms with E-state index in [1.54, 1.807) is 43.5 Å². The number of hydrogen-bond donors (Lipinski definition) is 1. The molecule has 25 heavy (non-hydrogen) atoms. The van der Waals surface area contributed by atoms with Crippen LogP contribution in [0, 0.1) is 0 Å². The molecule has 0 spiro atoms. The molecule has 0 atom stereocenters. The molecule has 3 rings (SSSR count). The van der Waals surface area contributed by atoms with E-state index in [2.05, 4.69) is 4.98 Å². The van der Waals surface area contributed by atoms with E-state index in [9.17, 15) is 9.59 Å². The van der Waals surface area contributed by atoms with Gasteiger partial charge >= 0.3 is 0 Å². The topological polar surface area (TPSA) is 68.4 Å². The second-order valence-corrected chi connectivity index (χ2v) is 5.40. The molecular formula is C20H17NO4. The van der Waals surface area contributed by atoms with Crippen molar-refractivity contribution in [3.8, 4) is 11.5 Å². The lowest BCUT2D eigenvalue weighted by Crippen LogP contribution is -2.09. The lowest BCUT2D eigenvalue weighted by Gasteiger charge is -2.05. The molecule has 1 aromatic heterocycles. The molecule has 0 saturated carbocycles. The summed E-state index contributed by atoms with van der Waals surface area (Å²) in [6.45, 7) is 0. The average molecular weight is 335 g/mol. The normalized spacial score (nSPS) is 11.0. The van der Waals surface area contributed by atoms with Crippen molar-refractivity contribution in [3.05, 3.63) is 76.1 Å². The highest BCUT2D eigenvalue weighted by molar-refractivity contribution is 6.08. The number of para-hydroxylation sites is 1. The number of hydrogen-bond acceptors (Lipinski definition) is 4. The summed E-state index contributed by atoms with van der Waals surface area (Å²) in [7, 11) is 3.08. The number of carbonyl (C=O) groups is 1. The fourth-order valence-corrected chi connectivity index (χ4v) is 2.55. The SMILES string of the molecule is COc1ccc2cc(C=CC(=O)c3ccccc3OC)c(=O)[nH]c2c1. The predicted molar refractivity (Wildman–Crippen MR) is 97.5 cm³/mol. The van der Waals surface area contributed by atoms with Gasteiger partial charge in [0.2, 0.25) is 0 Å². The third kappa shape index (κ3) is 3.45. The van der Waals surface area contributed by atoms with Crippen LogP contribution in [0.3, 0.4) is 0 Å². The van der Waals surface area contributed by atoms with Crippen molar-refractivity contribution >= 4 is 22.8 Å². The van der Waals surface area contributed by atoms with Crippen molar-refractivity contribution in [1.82, 2.24) is 4.98 Å². The summed E-state index contributed by atoms with van der Waals surface area (Å²) in [4.78, 5) is 27.4. The molecule has 0 aliphatic rings. The fourth-order valence-electron chi connectivity index (χ4n) is 2.55. The van der Waals surface area contributed by atoms with E-state index in [0.29, 0.717) is 28.1 Å². The average Bonchev–Trinajstić information content (AvgIpc) is 2.65. The number of pyridine rings is 1. The largest absolute Gasteiger partial charge is 0.497 e. The molecule has 0 fully saturated rings. The number of allylic oxidation sites excluding steroid dienone is 1. The van der Waals surface area contributed by atoms with Crippen LogP contribution in [0.1, 0.15) is 15.9 Å². The minimum Gasteiger partial charge on any atom is -0.497 e. The molecule has 1 N–H and O–H groups in total. The van der Waals surface area contributed by atoms with Gasteiger partial charge in [0.05, 0.1) is 25.3 Å². The molecule has 2 aromatic carbocycles. The van der Waals surface area contributed by atoms with E-state index in [1.807, 2.05) is 12.1 Å². The number of methoxy groups -OCH3 is 2. The Labute approximate surface area is 144 Å². The number of fused-ring (bicyclic) bond motifs is 1. The molecule has 5 heteroatoms. The number of carbonyl (C=O) groups excluding carboxylic acids is 1. The molecule has 5 nitrogen and oxygen atoms in total. The zero-order valence-electron chi connectivity index (χ0n) is 13.9. The zero-order valence-corrected chi connectivity index (χ0v) is 13.9. The molecule has 0 saturated heterocycles. The van der Waals surface area contributed by atoms with E-state index in [0.717, 1.165) is 5.39 Å². The molecule has 0 bridgehead atoms. The highest BCUT2D eigenvalue weighted by Gasteiger charge is 2.09. The van der Waals surface area contributed by atoms with Crippen LogP contribution < -0.4 is 15.0 Å². The van der Waals surface area contributed by atoms with Crippen molar-refractivity contribution in [1.29, 1.82) is 0 Å². The Balaban J connectivity index is 1.94. The van der Waals surface area contributed by atoms with E-state index in [4.69, 9.17) is 9.47 Å². The number of aromatic nitrogens is 1. The summed E-state index contributed by atoms with van der Waals surface area (Å²) in [6, 6.07) is 14.1. The van der Waals surface area contributed by atoms with Crippen LogP contribution in [-0.2, 0) is 0 Å². The van der Waals surface area contributed by atoms with Gasteiger partial charge in [-0.2, -0.15) is 0 Å². The van der Waals surface area contributed by atoms with Crippen LogP contribution in [0.5, 0.6) is 11.5 Å². The fraction of sp³-hybridized carbons (Fsp3) is 0.100. The minimum atomic E-state index is -0.273. The Hall–Kier alpha value is -3.34. The first-order chi connectivity index (χ1) is 12.1. The van der Waals surface area contributed by atoms with Crippen LogP contribution >= 0.6 is 0 Å². The highest BCUT2D eigenvalue weighted by atomic mass is 16.5.